The first kappa shape index (κ1) is 14.3. The smallest absolute Gasteiger partial charge is 0.304 e. The van der Waals surface area contributed by atoms with E-state index in [0.29, 0.717) is 22.6 Å². The number of nitrogens with zero attached hydrogens (tertiary/aromatic N) is 2. The van der Waals surface area contributed by atoms with Crippen LogP contribution in [0.1, 0.15) is 11.3 Å². The predicted octanol–water partition coefficient (Wildman–Crippen LogP) is 1.64. The van der Waals surface area contributed by atoms with E-state index in [0.717, 1.165) is 6.07 Å². The number of hydrogen-bond donors (Lipinski definition) is 2. The minimum atomic E-state index is -4.01. The van der Waals surface area contributed by atoms with Crippen LogP contribution in [0.15, 0.2) is 14.8 Å². The molecule has 0 aliphatic heterocycles. The average Bonchev–Trinajstić information content (AvgIpc) is 2.87. The number of anilines is 2. The minimum Gasteiger partial charge on any atom is -0.385 e. The molecule has 0 radical (unpaired) electrons. The summed E-state index contributed by atoms with van der Waals surface area (Å²) in [5.41, 5.74) is 6.05. The van der Waals surface area contributed by atoms with Crippen molar-refractivity contribution in [3.05, 3.63) is 27.4 Å². The number of sulfonamides is 1. The first-order chi connectivity index (χ1) is 9.22. The number of nitrogen functional groups attached to an aromatic ring is 1. The monoisotopic (exact) mass is 318 g/mol. The first-order valence-corrected chi connectivity index (χ1v) is 7.51. The van der Waals surface area contributed by atoms with E-state index < -0.39 is 20.6 Å². The van der Waals surface area contributed by atoms with Gasteiger partial charge >= 0.3 is 5.69 Å². The fraction of sp³-hybridized carbons (Fsp3) is 0.222. The molecular formula is C9H10N4O5S2. The van der Waals surface area contributed by atoms with Crippen molar-refractivity contribution in [3.8, 4) is 0 Å². The number of aromatic nitrogens is 1. The molecule has 2 heterocycles. The zero-order chi connectivity index (χ0) is 15.1. The molecular weight excluding hydrogens is 308 g/mol. The van der Waals surface area contributed by atoms with E-state index in [-0.39, 0.29) is 15.1 Å². The largest absolute Gasteiger partial charge is 0.385 e. The van der Waals surface area contributed by atoms with E-state index in [4.69, 9.17) is 10.3 Å². The van der Waals surface area contributed by atoms with Gasteiger partial charge in [-0.1, -0.05) is 16.5 Å². The summed E-state index contributed by atoms with van der Waals surface area (Å²) in [6, 6.07) is 0.904. The Balaban J connectivity index is 2.38. The molecule has 2 rings (SSSR count). The van der Waals surface area contributed by atoms with Crippen LogP contribution in [0.4, 0.5) is 16.6 Å². The fourth-order valence-electron chi connectivity index (χ4n) is 1.33. The zero-order valence-corrected chi connectivity index (χ0v) is 12.0. The van der Waals surface area contributed by atoms with E-state index in [9.17, 15) is 18.5 Å². The van der Waals surface area contributed by atoms with Gasteiger partial charge in [0.15, 0.2) is 5.00 Å². The molecule has 0 aliphatic rings. The molecule has 0 aromatic carbocycles. The number of nitrogens with two attached hydrogens (primary N) is 1. The quantitative estimate of drug-likeness (QED) is 0.644. The molecule has 9 nitrogen and oxygen atoms in total. The summed E-state index contributed by atoms with van der Waals surface area (Å²) < 4.78 is 30.9. The lowest BCUT2D eigenvalue weighted by Crippen LogP contribution is -2.11. The van der Waals surface area contributed by atoms with Gasteiger partial charge < -0.3 is 10.3 Å². The maximum absolute atomic E-state index is 12.1. The molecule has 2 aromatic heterocycles. The van der Waals surface area contributed by atoms with Gasteiger partial charge in [0.25, 0.3) is 10.0 Å². The molecule has 0 saturated heterocycles. The number of rotatable bonds is 4. The highest BCUT2D eigenvalue weighted by atomic mass is 32.2. The van der Waals surface area contributed by atoms with Crippen LogP contribution in [0.3, 0.4) is 0 Å². The minimum absolute atomic E-state index is 0.0304. The summed E-state index contributed by atoms with van der Waals surface area (Å²) in [6.45, 7) is 3.29. The Morgan fingerprint density at radius 3 is 2.60 bits per heavy atom. The fourth-order valence-corrected chi connectivity index (χ4v) is 3.59. The zero-order valence-electron chi connectivity index (χ0n) is 10.4. The van der Waals surface area contributed by atoms with Gasteiger partial charge in [-0.25, -0.2) is 13.1 Å². The van der Waals surface area contributed by atoms with Gasteiger partial charge in [-0.05, 0) is 13.8 Å². The average molecular weight is 318 g/mol. The third-order valence-electron chi connectivity index (χ3n) is 2.56. The molecule has 2 aromatic rings. The molecule has 3 N–H and O–H groups in total. The Kier molecular flexibility index (Phi) is 3.39. The highest BCUT2D eigenvalue weighted by molar-refractivity contribution is 7.94. The van der Waals surface area contributed by atoms with Crippen LogP contribution in [0.25, 0.3) is 0 Å². The second-order valence-electron chi connectivity index (χ2n) is 3.90. The number of thiophene rings is 1. The summed E-state index contributed by atoms with van der Waals surface area (Å²) >= 11 is 0.605. The molecule has 108 valence electrons. The van der Waals surface area contributed by atoms with Gasteiger partial charge in [-0.3, -0.25) is 10.1 Å². The number of hydrogen-bond acceptors (Lipinski definition) is 8. The molecule has 20 heavy (non-hydrogen) atoms. The molecule has 0 fully saturated rings. The van der Waals surface area contributed by atoms with Gasteiger partial charge in [-0.2, -0.15) is 0 Å². The van der Waals surface area contributed by atoms with E-state index in [1.165, 1.54) is 0 Å². The highest BCUT2D eigenvalue weighted by Crippen LogP contribution is 2.35. The molecule has 0 aliphatic carbocycles. The van der Waals surface area contributed by atoms with E-state index in [1.807, 2.05) is 0 Å². The molecule has 0 spiro atoms. The van der Waals surface area contributed by atoms with Crippen molar-refractivity contribution in [2.45, 2.75) is 18.1 Å². The summed E-state index contributed by atoms with van der Waals surface area (Å²) in [6.07, 6.45) is 0. The lowest BCUT2D eigenvalue weighted by molar-refractivity contribution is -0.383. The topological polar surface area (TPSA) is 141 Å². The lowest BCUT2D eigenvalue weighted by Gasteiger charge is -2.02. The summed E-state index contributed by atoms with van der Waals surface area (Å²) in [4.78, 5) is 9.92. The molecule has 11 heteroatoms. The first-order valence-electron chi connectivity index (χ1n) is 5.21. The Labute approximate surface area is 117 Å². The second-order valence-corrected chi connectivity index (χ2v) is 6.89. The van der Waals surface area contributed by atoms with Gasteiger partial charge in [0.1, 0.15) is 4.21 Å². The van der Waals surface area contributed by atoms with E-state index >= 15 is 0 Å². The molecule has 0 amide bonds. The van der Waals surface area contributed by atoms with Crippen LogP contribution in [-0.4, -0.2) is 18.5 Å². The normalized spacial score (nSPS) is 11.5. The van der Waals surface area contributed by atoms with Gasteiger partial charge in [0, 0.05) is 11.6 Å². The van der Waals surface area contributed by atoms with Crippen LogP contribution in [0, 0.1) is 24.0 Å². The van der Waals surface area contributed by atoms with E-state index in [1.54, 1.807) is 13.8 Å². The van der Waals surface area contributed by atoms with Crippen LogP contribution in [0.5, 0.6) is 0 Å². The molecule has 0 bridgehead atoms. The van der Waals surface area contributed by atoms with Gasteiger partial charge in [0.05, 0.1) is 10.6 Å². The number of nitro groups is 1. The Morgan fingerprint density at radius 2 is 2.15 bits per heavy atom. The third-order valence-corrected chi connectivity index (χ3v) is 5.32. The SMILES string of the molecule is Cc1noc(NS(=O)(=O)c2cc([N+](=O)[O-])c(N)s2)c1C. The summed E-state index contributed by atoms with van der Waals surface area (Å²) in [5.74, 6) is -0.0304. The molecule has 0 atom stereocenters. The van der Waals surface area contributed by atoms with Gasteiger partial charge in [0.2, 0.25) is 5.88 Å². The summed E-state index contributed by atoms with van der Waals surface area (Å²) in [7, 11) is -4.01. The maximum Gasteiger partial charge on any atom is 0.304 e. The standard InChI is InChI=1S/C9H10N4O5S2/c1-4-5(2)11-18-9(4)12-20(16,17)7-3-6(13(14)15)8(10)19-7/h3,12H,10H2,1-2H3. The Hall–Kier alpha value is -2.14. The molecule has 0 saturated carbocycles. The lowest BCUT2D eigenvalue weighted by atomic mass is 10.3. The van der Waals surface area contributed by atoms with Crippen molar-refractivity contribution >= 4 is 37.9 Å². The maximum atomic E-state index is 12.1. The third kappa shape index (κ3) is 2.44. The van der Waals surface area contributed by atoms with Crippen molar-refractivity contribution in [2.75, 3.05) is 10.5 Å². The van der Waals surface area contributed by atoms with Crippen LogP contribution < -0.4 is 10.5 Å². The van der Waals surface area contributed by atoms with Crippen molar-refractivity contribution in [1.29, 1.82) is 0 Å². The van der Waals surface area contributed by atoms with Crippen molar-refractivity contribution in [2.24, 2.45) is 0 Å². The van der Waals surface area contributed by atoms with Crippen molar-refractivity contribution in [1.82, 2.24) is 5.16 Å². The van der Waals surface area contributed by atoms with E-state index in [2.05, 4.69) is 9.88 Å². The van der Waals surface area contributed by atoms with Crippen molar-refractivity contribution < 1.29 is 17.9 Å². The Morgan fingerprint density at radius 1 is 1.50 bits per heavy atom. The predicted molar refractivity (Wildman–Crippen MR) is 72.2 cm³/mol. The number of aryl methyl sites for hydroxylation is 1. The summed E-state index contributed by atoms with van der Waals surface area (Å²) in [5, 5.41) is 14.1. The molecule has 0 unspecified atom stereocenters. The van der Waals surface area contributed by atoms with Crippen LogP contribution >= 0.6 is 11.3 Å². The Bertz CT molecular complexity index is 776. The van der Waals surface area contributed by atoms with Crippen LogP contribution in [0.2, 0.25) is 0 Å². The van der Waals surface area contributed by atoms with Crippen molar-refractivity contribution in [3.63, 3.8) is 0 Å². The van der Waals surface area contributed by atoms with Gasteiger partial charge in [-0.15, -0.1) is 0 Å². The van der Waals surface area contributed by atoms with Crippen LogP contribution in [-0.2, 0) is 10.0 Å². The second kappa shape index (κ2) is 4.76. The highest BCUT2D eigenvalue weighted by Gasteiger charge is 2.26. The number of nitrogens with one attached hydrogen (secondary N) is 1.